The Morgan fingerprint density at radius 3 is 2.74 bits per heavy atom. The summed E-state index contributed by atoms with van der Waals surface area (Å²) in [7, 11) is 0. The molecule has 2 aromatic rings. The zero-order valence-corrected chi connectivity index (χ0v) is 11.8. The molecule has 1 unspecified atom stereocenters. The Kier molecular flexibility index (Phi) is 3.59. The van der Waals surface area contributed by atoms with Crippen LogP contribution in [-0.2, 0) is 0 Å². The predicted molar refractivity (Wildman–Crippen MR) is 76.8 cm³/mol. The van der Waals surface area contributed by atoms with Gasteiger partial charge in [0.2, 0.25) is 0 Å². The van der Waals surface area contributed by atoms with Gasteiger partial charge in [-0.1, -0.05) is 35.2 Å². The van der Waals surface area contributed by atoms with Crippen molar-refractivity contribution < 1.29 is 0 Å². The number of aromatic nitrogens is 2. The lowest BCUT2D eigenvalue weighted by Crippen LogP contribution is -2.30. The van der Waals surface area contributed by atoms with Crippen LogP contribution in [0.15, 0.2) is 24.3 Å². The van der Waals surface area contributed by atoms with Gasteiger partial charge in [-0.05, 0) is 48.3 Å². The Balaban J connectivity index is 2.02. The van der Waals surface area contributed by atoms with Crippen molar-refractivity contribution in [3.05, 3.63) is 46.0 Å². The van der Waals surface area contributed by atoms with E-state index in [-0.39, 0.29) is 6.04 Å². The van der Waals surface area contributed by atoms with E-state index in [0.717, 1.165) is 10.6 Å². The standard InChI is InChI=1S/C14H18N4S/c1-9-14(19-18-17-9)13(16-15)12-8-3-2-7-11(12)10-5-4-6-10/h2-3,7-8,10,13,16H,4-6,15H2,1H3. The first-order chi connectivity index (χ1) is 9.31. The zero-order valence-electron chi connectivity index (χ0n) is 11.0. The van der Waals surface area contributed by atoms with E-state index in [4.69, 9.17) is 5.84 Å². The van der Waals surface area contributed by atoms with E-state index in [0.29, 0.717) is 5.92 Å². The topological polar surface area (TPSA) is 63.8 Å². The van der Waals surface area contributed by atoms with Crippen molar-refractivity contribution in [1.29, 1.82) is 0 Å². The van der Waals surface area contributed by atoms with Gasteiger partial charge in [-0.2, -0.15) is 0 Å². The van der Waals surface area contributed by atoms with E-state index in [2.05, 4.69) is 39.3 Å². The molecule has 1 atom stereocenters. The highest BCUT2D eigenvalue weighted by Crippen LogP contribution is 2.41. The van der Waals surface area contributed by atoms with Crippen LogP contribution >= 0.6 is 11.5 Å². The SMILES string of the molecule is Cc1nnsc1C(NN)c1ccccc1C1CCC1. The molecular weight excluding hydrogens is 256 g/mol. The number of hydrogen-bond donors (Lipinski definition) is 2. The number of hydrogen-bond acceptors (Lipinski definition) is 5. The van der Waals surface area contributed by atoms with Crippen molar-refractivity contribution in [2.75, 3.05) is 0 Å². The normalized spacial score (nSPS) is 17.2. The highest BCUT2D eigenvalue weighted by atomic mass is 32.1. The summed E-state index contributed by atoms with van der Waals surface area (Å²) >= 11 is 1.42. The van der Waals surface area contributed by atoms with Crippen molar-refractivity contribution in [1.82, 2.24) is 15.0 Å². The summed E-state index contributed by atoms with van der Waals surface area (Å²) in [6.45, 7) is 1.98. The van der Waals surface area contributed by atoms with E-state index in [9.17, 15) is 0 Å². The highest BCUT2D eigenvalue weighted by molar-refractivity contribution is 7.05. The van der Waals surface area contributed by atoms with Crippen LogP contribution < -0.4 is 11.3 Å². The molecule has 1 aliphatic rings. The third-order valence-corrected chi connectivity index (χ3v) is 4.86. The number of hydrazine groups is 1. The number of nitrogens with two attached hydrogens (primary N) is 1. The highest BCUT2D eigenvalue weighted by Gasteiger charge is 2.26. The Labute approximate surface area is 117 Å². The minimum absolute atomic E-state index is 0.00296. The first-order valence-electron chi connectivity index (χ1n) is 6.65. The van der Waals surface area contributed by atoms with Crippen molar-refractivity contribution >= 4 is 11.5 Å². The molecule has 0 aliphatic heterocycles. The minimum Gasteiger partial charge on any atom is -0.271 e. The fourth-order valence-corrected chi connectivity index (χ4v) is 3.40. The van der Waals surface area contributed by atoms with Crippen LogP contribution in [0.4, 0.5) is 0 Å². The molecule has 5 heteroatoms. The molecule has 3 N–H and O–H groups in total. The van der Waals surface area contributed by atoms with Gasteiger partial charge in [-0.3, -0.25) is 5.84 Å². The average Bonchev–Trinajstić information content (AvgIpc) is 2.77. The third kappa shape index (κ3) is 2.29. The van der Waals surface area contributed by atoms with Crippen LogP contribution in [0.1, 0.15) is 52.9 Å². The molecule has 1 aromatic carbocycles. The second-order valence-electron chi connectivity index (χ2n) is 5.08. The van der Waals surface area contributed by atoms with Gasteiger partial charge in [-0.25, -0.2) is 5.43 Å². The van der Waals surface area contributed by atoms with E-state index in [1.807, 2.05) is 6.92 Å². The maximum atomic E-state index is 5.79. The summed E-state index contributed by atoms with van der Waals surface area (Å²) in [5.41, 5.74) is 6.58. The van der Waals surface area contributed by atoms with Crippen molar-refractivity contribution in [2.45, 2.75) is 38.1 Å². The lowest BCUT2D eigenvalue weighted by molar-refractivity contribution is 0.414. The molecule has 0 saturated heterocycles. The second kappa shape index (κ2) is 5.36. The monoisotopic (exact) mass is 274 g/mol. The van der Waals surface area contributed by atoms with Gasteiger partial charge in [-0.15, -0.1) is 5.10 Å². The molecule has 0 radical (unpaired) electrons. The first kappa shape index (κ1) is 12.7. The molecule has 1 fully saturated rings. The summed E-state index contributed by atoms with van der Waals surface area (Å²) in [6, 6.07) is 8.58. The number of rotatable bonds is 4. The summed E-state index contributed by atoms with van der Waals surface area (Å²) < 4.78 is 4.02. The Hall–Kier alpha value is -1.30. The van der Waals surface area contributed by atoms with Crippen molar-refractivity contribution in [3.63, 3.8) is 0 Å². The summed E-state index contributed by atoms with van der Waals surface area (Å²) in [4.78, 5) is 1.11. The molecular formula is C14H18N4S. The van der Waals surface area contributed by atoms with Crippen LogP contribution in [0.5, 0.6) is 0 Å². The minimum atomic E-state index is -0.00296. The number of nitrogens with zero attached hydrogens (tertiary/aromatic N) is 2. The third-order valence-electron chi connectivity index (χ3n) is 3.97. The number of benzene rings is 1. The molecule has 1 aromatic heterocycles. The largest absolute Gasteiger partial charge is 0.271 e. The van der Waals surface area contributed by atoms with Gasteiger partial charge in [0.05, 0.1) is 16.6 Å². The lowest BCUT2D eigenvalue weighted by atomic mass is 9.77. The molecule has 1 aliphatic carbocycles. The molecule has 0 bridgehead atoms. The van der Waals surface area contributed by atoms with E-state index < -0.39 is 0 Å². The number of nitrogens with one attached hydrogen (secondary N) is 1. The van der Waals surface area contributed by atoms with Crippen LogP contribution in [0.25, 0.3) is 0 Å². The van der Waals surface area contributed by atoms with E-state index in [1.165, 1.54) is 41.9 Å². The lowest BCUT2D eigenvalue weighted by Gasteiger charge is -2.30. The van der Waals surface area contributed by atoms with Crippen LogP contribution in [0.2, 0.25) is 0 Å². The smallest absolute Gasteiger partial charge is 0.0840 e. The molecule has 1 saturated carbocycles. The maximum Gasteiger partial charge on any atom is 0.0840 e. The number of aryl methyl sites for hydroxylation is 1. The van der Waals surface area contributed by atoms with Gasteiger partial charge >= 0.3 is 0 Å². The van der Waals surface area contributed by atoms with Gasteiger partial charge in [0.15, 0.2) is 0 Å². The fraction of sp³-hybridized carbons (Fsp3) is 0.429. The van der Waals surface area contributed by atoms with Gasteiger partial charge in [0, 0.05) is 0 Å². The molecule has 3 rings (SSSR count). The summed E-state index contributed by atoms with van der Waals surface area (Å²) in [5, 5.41) is 4.09. The second-order valence-corrected chi connectivity index (χ2v) is 5.86. The van der Waals surface area contributed by atoms with Crippen molar-refractivity contribution in [3.8, 4) is 0 Å². The first-order valence-corrected chi connectivity index (χ1v) is 7.42. The van der Waals surface area contributed by atoms with E-state index in [1.54, 1.807) is 0 Å². The molecule has 1 heterocycles. The van der Waals surface area contributed by atoms with Crippen LogP contribution in [-0.4, -0.2) is 9.59 Å². The Bertz CT molecular complexity index is 562. The van der Waals surface area contributed by atoms with Crippen LogP contribution in [0.3, 0.4) is 0 Å². The Morgan fingerprint density at radius 2 is 2.16 bits per heavy atom. The van der Waals surface area contributed by atoms with Crippen LogP contribution in [0, 0.1) is 6.92 Å². The van der Waals surface area contributed by atoms with Gasteiger partial charge < -0.3 is 0 Å². The molecule has 4 nitrogen and oxygen atoms in total. The van der Waals surface area contributed by atoms with E-state index >= 15 is 0 Å². The quantitative estimate of drug-likeness (QED) is 0.664. The van der Waals surface area contributed by atoms with Gasteiger partial charge in [0.1, 0.15) is 0 Å². The predicted octanol–water partition coefficient (Wildman–Crippen LogP) is 2.67. The van der Waals surface area contributed by atoms with Crippen molar-refractivity contribution in [2.24, 2.45) is 5.84 Å². The summed E-state index contributed by atoms with van der Waals surface area (Å²) in [5.74, 6) is 6.48. The zero-order chi connectivity index (χ0) is 13.2. The molecule has 0 spiro atoms. The maximum absolute atomic E-state index is 5.79. The fourth-order valence-electron chi connectivity index (χ4n) is 2.67. The molecule has 19 heavy (non-hydrogen) atoms. The molecule has 100 valence electrons. The average molecular weight is 274 g/mol. The summed E-state index contributed by atoms with van der Waals surface area (Å²) in [6.07, 6.45) is 3.91. The Morgan fingerprint density at radius 1 is 1.37 bits per heavy atom. The molecule has 0 amide bonds. The van der Waals surface area contributed by atoms with Gasteiger partial charge in [0.25, 0.3) is 0 Å².